The smallest absolute Gasteiger partial charge is 0.337 e. The Morgan fingerprint density at radius 2 is 2.04 bits per heavy atom. The lowest BCUT2D eigenvalue weighted by Gasteiger charge is -2.28. The predicted molar refractivity (Wildman–Crippen MR) is 97.8 cm³/mol. The number of aromatic nitrogens is 3. The largest absolute Gasteiger partial charge is 0.368 e. The van der Waals surface area contributed by atoms with Crippen LogP contribution in [0.4, 0.5) is 4.79 Å². The second-order valence-electron chi connectivity index (χ2n) is 8.09. The van der Waals surface area contributed by atoms with Crippen molar-refractivity contribution in [2.45, 2.75) is 53.1 Å². The second-order valence-corrected chi connectivity index (χ2v) is 8.09. The lowest BCUT2D eigenvalue weighted by Crippen LogP contribution is -2.54. The second kappa shape index (κ2) is 6.26. The number of hydrogen-bond donors (Lipinski definition) is 2. The Morgan fingerprint density at radius 3 is 2.58 bits per heavy atom. The topological polar surface area (TPSA) is 112 Å². The molecule has 1 saturated carbocycles. The number of fused-ring (bicyclic) bond motifs is 1. The van der Waals surface area contributed by atoms with Crippen LogP contribution in [-0.2, 0) is 11.3 Å². The lowest BCUT2D eigenvalue weighted by atomic mass is 9.86. The van der Waals surface area contributed by atoms with Gasteiger partial charge in [-0.1, -0.05) is 20.8 Å². The number of carbonyl (C=O) groups is 2. The van der Waals surface area contributed by atoms with Crippen LogP contribution in [0, 0.1) is 18.3 Å². The Kier molecular flexibility index (Phi) is 4.37. The number of hydrogen-bond acceptors (Lipinski definition) is 4. The van der Waals surface area contributed by atoms with E-state index >= 15 is 0 Å². The van der Waals surface area contributed by atoms with Gasteiger partial charge in [0.1, 0.15) is 6.04 Å². The first-order chi connectivity index (χ1) is 12.1. The maximum absolute atomic E-state index is 13.0. The summed E-state index contributed by atoms with van der Waals surface area (Å²) in [5, 5.41) is 2.62. The average molecular weight is 359 g/mol. The molecule has 1 aliphatic carbocycles. The van der Waals surface area contributed by atoms with Crippen molar-refractivity contribution in [2.75, 3.05) is 0 Å². The van der Waals surface area contributed by atoms with Crippen molar-refractivity contribution in [2.24, 2.45) is 17.1 Å². The number of amides is 2. The fourth-order valence-electron chi connectivity index (χ4n) is 3.21. The van der Waals surface area contributed by atoms with Crippen molar-refractivity contribution >= 4 is 23.0 Å². The van der Waals surface area contributed by atoms with E-state index in [2.05, 4.69) is 10.3 Å². The van der Waals surface area contributed by atoms with Gasteiger partial charge in [0.25, 0.3) is 0 Å². The zero-order chi connectivity index (χ0) is 19.2. The molecule has 2 amide bonds. The summed E-state index contributed by atoms with van der Waals surface area (Å²) in [7, 11) is 0. The Balaban J connectivity index is 2.08. The first-order valence-corrected chi connectivity index (χ1v) is 8.78. The fourth-order valence-corrected chi connectivity index (χ4v) is 3.21. The first kappa shape index (κ1) is 18.2. The minimum absolute atomic E-state index is 0.419. The molecule has 8 nitrogen and oxygen atoms in total. The van der Waals surface area contributed by atoms with Crippen LogP contribution in [0.1, 0.15) is 39.3 Å². The third-order valence-electron chi connectivity index (χ3n) is 4.78. The number of nitrogens with zero attached hydrogens (tertiary/aromatic N) is 3. The summed E-state index contributed by atoms with van der Waals surface area (Å²) in [6.45, 7) is 7.79. The molecule has 2 heterocycles. The minimum Gasteiger partial charge on any atom is -0.368 e. The van der Waals surface area contributed by atoms with Gasteiger partial charge in [-0.05, 0) is 37.2 Å². The molecule has 0 spiro atoms. The van der Waals surface area contributed by atoms with E-state index in [0.29, 0.717) is 29.2 Å². The molecule has 3 N–H and O–H groups in total. The van der Waals surface area contributed by atoms with Gasteiger partial charge < -0.3 is 11.1 Å². The van der Waals surface area contributed by atoms with Crippen LogP contribution in [0.5, 0.6) is 0 Å². The zero-order valence-electron chi connectivity index (χ0n) is 15.6. The molecule has 0 unspecified atom stereocenters. The van der Waals surface area contributed by atoms with Gasteiger partial charge in [-0.2, -0.15) is 0 Å². The van der Waals surface area contributed by atoms with E-state index in [1.807, 2.05) is 6.92 Å². The molecule has 0 radical (unpaired) electrons. The molecular formula is C18H25N5O3. The highest BCUT2D eigenvalue weighted by Crippen LogP contribution is 2.31. The van der Waals surface area contributed by atoms with E-state index in [1.54, 1.807) is 37.6 Å². The van der Waals surface area contributed by atoms with Crippen molar-refractivity contribution in [1.29, 1.82) is 0 Å². The summed E-state index contributed by atoms with van der Waals surface area (Å²) in [6, 6.07) is 0.0915. The van der Waals surface area contributed by atoms with E-state index < -0.39 is 29.1 Å². The summed E-state index contributed by atoms with van der Waals surface area (Å²) in [4.78, 5) is 41.9. The van der Waals surface area contributed by atoms with Gasteiger partial charge >= 0.3 is 11.7 Å². The molecule has 2 aromatic rings. The molecule has 0 aliphatic heterocycles. The first-order valence-electron chi connectivity index (χ1n) is 8.78. The molecule has 1 atom stereocenters. The molecular weight excluding hydrogens is 334 g/mol. The molecule has 0 bridgehead atoms. The van der Waals surface area contributed by atoms with Gasteiger partial charge in [0.2, 0.25) is 5.91 Å². The Bertz CT molecular complexity index is 931. The highest BCUT2D eigenvalue weighted by molar-refractivity contribution is 5.93. The molecule has 0 aromatic carbocycles. The SMILES string of the molecule is Cc1nccc2c1n(CC1CC1)c(=O)n2C(=O)N[C@H](C(N)=O)C(C)(C)C. The van der Waals surface area contributed by atoms with Crippen LogP contribution in [0.15, 0.2) is 17.1 Å². The standard InChI is InChI=1S/C18H25N5O3/c1-10-13-12(7-8-20-10)23(17(26)22(13)9-11-5-6-11)16(25)21-14(15(19)24)18(2,3)4/h7-8,11,14H,5-6,9H2,1-4H3,(H2,19,24)(H,21,25)/t14-/m1/s1. The summed E-state index contributed by atoms with van der Waals surface area (Å²) in [6.07, 6.45) is 3.73. The maximum Gasteiger partial charge on any atom is 0.337 e. The zero-order valence-corrected chi connectivity index (χ0v) is 15.6. The highest BCUT2D eigenvalue weighted by atomic mass is 16.2. The summed E-state index contributed by atoms with van der Waals surface area (Å²) >= 11 is 0. The molecule has 0 saturated heterocycles. The number of imidazole rings is 1. The number of pyridine rings is 1. The van der Waals surface area contributed by atoms with Gasteiger partial charge in [-0.3, -0.25) is 14.3 Å². The summed E-state index contributed by atoms with van der Waals surface area (Å²) in [5.41, 5.74) is 6.29. The van der Waals surface area contributed by atoms with Crippen molar-refractivity contribution in [3.63, 3.8) is 0 Å². The van der Waals surface area contributed by atoms with Gasteiger partial charge in [0.05, 0.1) is 16.7 Å². The van der Waals surface area contributed by atoms with Crippen LogP contribution < -0.4 is 16.7 Å². The third-order valence-corrected chi connectivity index (χ3v) is 4.78. The normalized spacial score (nSPS) is 15.8. The highest BCUT2D eigenvalue weighted by Gasteiger charge is 2.33. The third kappa shape index (κ3) is 3.23. The van der Waals surface area contributed by atoms with E-state index in [0.717, 1.165) is 17.4 Å². The van der Waals surface area contributed by atoms with E-state index in [4.69, 9.17) is 5.73 Å². The number of primary amides is 1. The lowest BCUT2D eigenvalue weighted by molar-refractivity contribution is -0.122. The number of aryl methyl sites for hydroxylation is 1. The number of nitrogens with two attached hydrogens (primary N) is 1. The molecule has 2 aromatic heterocycles. The summed E-state index contributed by atoms with van der Waals surface area (Å²) in [5.74, 6) is -0.180. The summed E-state index contributed by atoms with van der Waals surface area (Å²) < 4.78 is 2.69. The Labute approximate surface area is 151 Å². The van der Waals surface area contributed by atoms with Gasteiger partial charge in [-0.25, -0.2) is 14.2 Å². The minimum atomic E-state index is -0.897. The fraction of sp³-hybridized carbons (Fsp3) is 0.556. The Hall–Kier alpha value is -2.64. The van der Waals surface area contributed by atoms with Crippen molar-refractivity contribution < 1.29 is 9.59 Å². The van der Waals surface area contributed by atoms with Crippen LogP contribution in [0.25, 0.3) is 11.0 Å². The number of carbonyl (C=O) groups excluding carboxylic acids is 2. The molecule has 3 rings (SSSR count). The van der Waals surface area contributed by atoms with E-state index in [1.165, 1.54) is 0 Å². The van der Waals surface area contributed by atoms with Crippen molar-refractivity contribution in [3.05, 3.63) is 28.4 Å². The molecule has 8 heteroatoms. The predicted octanol–water partition coefficient (Wildman–Crippen LogP) is 1.37. The van der Waals surface area contributed by atoms with Crippen LogP contribution >= 0.6 is 0 Å². The van der Waals surface area contributed by atoms with Crippen LogP contribution in [0.3, 0.4) is 0 Å². The van der Waals surface area contributed by atoms with Crippen molar-refractivity contribution in [1.82, 2.24) is 19.4 Å². The van der Waals surface area contributed by atoms with E-state index in [9.17, 15) is 14.4 Å². The maximum atomic E-state index is 13.0. The molecule has 1 aliphatic rings. The van der Waals surface area contributed by atoms with Crippen molar-refractivity contribution in [3.8, 4) is 0 Å². The Morgan fingerprint density at radius 1 is 1.38 bits per heavy atom. The number of rotatable bonds is 4. The van der Waals surface area contributed by atoms with Crippen LogP contribution in [-0.4, -0.2) is 32.1 Å². The van der Waals surface area contributed by atoms with Crippen LogP contribution in [0.2, 0.25) is 0 Å². The molecule has 140 valence electrons. The van der Waals surface area contributed by atoms with E-state index in [-0.39, 0.29) is 0 Å². The average Bonchev–Trinajstić information content (AvgIpc) is 3.29. The molecule has 26 heavy (non-hydrogen) atoms. The van der Waals surface area contributed by atoms with Gasteiger partial charge in [-0.15, -0.1) is 0 Å². The van der Waals surface area contributed by atoms with Gasteiger partial charge in [0, 0.05) is 12.7 Å². The van der Waals surface area contributed by atoms with Gasteiger partial charge in [0.15, 0.2) is 0 Å². The quantitative estimate of drug-likeness (QED) is 0.858. The monoisotopic (exact) mass is 359 g/mol. The molecule has 1 fully saturated rings. The number of nitrogens with one attached hydrogen (secondary N) is 1.